The molecule has 29 heavy (non-hydrogen) atoms. The molecular formula is C19H18ClFN6O2. The van der Waals surface area contributed by atoms with E-state index in [4.69, 9.17) is 27.5 Å². The number of allylic oxidation sites excluding steroid dienone is 1. The number of carbonyl (C=O) groups is 1. The molecule has 0 radical (unpaired) electrons. The van der Waals surface area contributed by atoms with Gasteiger partial charge in [-0.05, 0) is 30.4 Å². The summed E-state index contributed by atoms with van der Waals surface area (Å²) in [6.45, 7) is 0.890. The number of ether oxygens (including phenoxy) is 1. The molecule has 0 aliphatic rings. The normalized spacial score (nSPS) is 11.3. The quantitative estimate of drug-likeness (QED) is 0.488. The van der Waals surface area contributed by atoms with Crippen molar-refractivity contribution < 1.29 is 13.9 Å². The molecule has 0 atom stereocenters. The summed E-state index contributed by atoms with van der Waals surface area (Å²) < 4.78 is 20.4. The number of H-pyrrole nitrogens is 1. The average molecular weight is 417 g/mol. The number of hydrogen-bond acceptors (Lipinski definition) is 5. The SMILES string of the molecule is COCCn1cnc(-c2ccc(F)c(Cl)c2)c1C(=N)/C=C\c1ncc(C(N)=O)[nH]1. The van der Waals surface area contributed by atoms with E-state index in [1.54, 1.807) is 30.1 Å². The van der Waals surface area contributed by atoms with Gasteiger partial charge in [0.05, 0.1) is 41.3 Å². The van der Waals surface area contributed by atoms with Crippen LogP contribution in [0.1, 0.15) is 22.0 Å². The molecule has 0 spiro atoms. The van der Waals surface area contributed by atoms with E-state index in [0.717, 1.165) is 0 Å². The number of halogens is 2. The first-order valence-corrected chi connectivity index (χ1v) is 8.89. The van der Waals surface area contributed by atoms with Crippen molar-refractivity contribution in [3.8, 4) is 11.3 Å². The molecule has 0 aliphatic heterocycles. The summed E-state index contributed by atoms with van der Waals surface area (Å²) in [4.78, 5) is 22.3. The molecule has 10 heteroatoms. The second-order valence-electron chi connectivity index (χ2n) is 6.05. The summed E-state index contributed by atoms with van der Waals surface area (Å²) in [6.07, 6.45) is 5.96. The zero-order valence-corrected chi connectivity index (χ0v) is 16.2. The molecule has 0 saturated carbocycles. The number of amides is 1. The van der Waals surface area contributed by atoms with E-state index >= 15 is 0 Å². The van der Waals surface area contributed by atoms with E-state index in [9.17, 15) is 9.18 Å². The van der Waals surface area contributed by atoms with Gasteiger partial charge in [0.25, 0.3) is 5.91 Å². The van der Waals surface area contributed by atoms with E-state index in [-0.39, 0.29) is 16.4 Å². The lowest BCUT2D eigenvalue weighted by Gasteiger charge is -2.09. The summed E-state index contributed by atoms with van der Waals surface area (Å²) in [6, 6.07) is 4.27. The maximum absolute atomic E-state index is 13.5. The molecule has 2 aromatic heterocycles. The molecule has 1 aromatic carbocycles. The van der Waals surface area contributed by atoms with E-state index in [2.05, 4.69) is 15.0 Å². The summed E-state index contributed by atoms with van der Waals surface area (Å²) in [5, 5.41) is 8.49. The number of nitrogens with two attached hydrogens (primary N) is 1. The van der Waals surface area contributed by atoms with Crippen molar-refractivity contribution in [2.45, 2.75) is 6.54 Å². The second kappa shape index (κ2) is 8.80. The smallest absolute Gasteiger partial charge is 0.266 e. The van der Waals surface area contributed by atoms with E-state index in [1.807, 2.05) is 0 Å². The summed E-state index contributed by atoms with van der Waals surface area (Å²) >= 11 is 5.91. The third kappa shape index (κ3) is 4.58. The molecule has 4 N–H and O–H groups in total. The Morgan fingerprint density at radius 1 is 1.45 bits per heavy atom. The minimum atomic E-state index is -0.625. The number of hydrogen-bond donors (Lipinski definition) is 3. The van der Waals surface area contributed by atoms with Crippen LogP contribution in [0.15, 0.2) is 36.8 Å². The first-order chi connectivity index (χ1) is 13.9. The minimum absolute atomic E-state index is 0.0310. The summed E-state index contributed by atoms with van der Waals surface area (Å²) in [5.41, 5.74) is 7.06. The van der Waals surface area contributed by atoms with Crippen LogP contribution in [0.2, 0.25) is 5.02 Å². The highest BCUT2D eigenvalue weighted by atomic mass is 35.5. The van der Waals surface area contributed by atoms with E-state index in [1.165, 1.54) is 24.4 Å². The highest BCUT2D eigenvalue weighted by molar-refractivity contribution is 6.31. The summed E-state index contributed by atoms with van der Waals surface area (Å²) in [5.74, 6) is -0.785. The first-order valence-electron chi connectivity index (χ1n) is 8.52. The van der Waals surface area contributed by atoms with Crippen molar-refractivity contribution in [1.82, 2.24) is 19.5 Å². The largest absolute Gasteiger partial charge is 0.383 e. The van der Waals surface area contributed by atoms with Crippen molar-refractivity contribution in [3.05, 3.63) is 64.9 Å². The third-order valence-corrected chi connectivity index (χ3v) is 4.38. The standard InChI is InChI=1S/C19H18ClFN6O2/c1-29-7-6-27-10-25-17(11-2-3-13(21)12(20)8-11)18(27)14(22)4-5-16-24-9-15(26-16)19(23)28/h2-5,8-10,22H,6-7H2,1H3,(H2,23,28)(H,24,26)/b5-4-,22-14?. The Kier molecular flexibility index (Phi) is 6.20. The van der Waals surface area contributed by atoms with Crippen molar-refractivity contribution >= 4 is 29.3 Å². The van der Waals surface area contributed by atoms with Crippen LogP contribution < -0.4 is 5.73 Å². The van der Waals surface area contributed by atoms with Gasteiger partial charge in [0.1, 0.15) is 17.3 Å². The molecule has 3 aromatic rings. The van der Waals surface area contributed by atoms with Crippen LogP contribution in [0.4, 0.5) is 4.39 Å². The number of aromatic nitrogens is 4. The van der Waals surface area contributed by atoms with Crippen LogP contribution in [0.3, 0.4) is 0 Å². The van der Waals surface area contributed by atoms with Gasteiger partial charge in [-0.1, -0.05) is 11.6 Å². The van der Waals surface area contributed by atoms with Crippen LogP contribution in [-0.4, -0.2) is 44.9 Å². The monoisotopic (exact) mass is 416 g/mol. The number of benzene rings is 1. The van der Waals surface area contributed by atoms with Crippen LogP contribution >= 0.6 is 11.6 Å². The lowest BCUT2D eigenvalue weighted by molar-refractivity contribution is 0.0996. The number of rotatable bonds is 8. The van der Waals surface area contributed by atoms with Gasteiger partial charge in [-0.25, -0.2) is 14.4 Å². The van der Waals surface area contributed by atoms with Gasteiger partial charge in [0.2, 0.25) is 0 Å². The Balaban J connectivity index is 1.96. The Morgan fingerprint density at radius 3 is 2.90 bits per heavy atom. The number of carbonyl (C=O) groups excluding carboxylic acids is 1. The Morgan fingerprint density at radius 2 is 2.24 bits per heavy atom. The molecule has 0 saturated heterocycles. The Hall–Kier alpha value is -3.30. The molecule has 1 amide bonds. The van der Waals surface area contributed by atoms with Crippen molar-refractivity contribution in [1.29, 1.82) is 5.41 Å². The number of imidazole rings is 2. The van der Waals surface area contributed by atoms with Crippen molar-refractivity contribution in [2.75, 3.05) is 13.7 Å². The lowest BCUT2D eigenvalue weighted by Crippen LogP contribution is -2.11. The third-order valence-electron chi connectivity index (χ3n) is 4.09. The van der Waals surface area contributed by atoms with Gasteiger partial charge in [0.15, 0.2) is 0 Å². The maximum atomic E-state index is 13.5. The predicted octanol–water partition coefficient (Wildman–Crippen LogP) is 2.89. The van der Waals surface area contributed by atoms with Gasteiger partial charge in [0, 0.05) is 19.2 Å². The number of nitrogens with zero attached hydrogens (tertiary/aromatic N) is 3. The zero-order valence-electron chi connectivity index (χ0n) is 15.4. The topological polar surface area (TPSA) is 123 Å². The van der Waals surface area contributed by atoms with Crippen LogP contribution in [0, 0.1) is 11.2 Å². The molecular weight excluding hydrogens is 399 g/mol. The van der Waals surface area contributed by atoms with Crippen molar-refractivity contribution in [3.63, 3.8) is 0 Å². The number of primary amides is 1. The van der Waals surface area contributed by atoms with Gasteiger partial charge in [-0.15, -0.1) is 0 Å². The minimum Gasteiger partial charge on any atom is -0.383 e. The molecule has 0 fully saturated rings. The average Bonchev–Trinajstić information content (AvgIpc) is 3.34. The fourth-order valence-electron chi connectivity index (χ4n) is 2.67. The highest BCUT2D eigenvalue weighted by Crippen LogP contribution is 2.27. The highest BCUT2D eigenvalue weighted by Gasteiger charge is 2.17. The van der Waals surface area contributed by atoms with Crippen molar-refractivity contribution in [2.24, 2.45) is 5.73 Å². The maximum Gasteiger partial charge on any atom is 0.266 e. The fourth-order valence-corrected chi connectivity index (χ4v) is 2.85. The molecule has 3 rings (SSSR count). The van der Waals surface area contributed by atoms with Crippen LogP contribution in [0.5, 0.6) is 0 Å². The number of aromatic amines is 1. The molecule has 0 aliphatic carbocycles. The molecule has 0 bridgehead atoms. The molecule has 8 nitrogen and oxygen atoms in total. The van der Waals surface area contributed by atoms with Crippen LogP contribution in [0.25, 0.3) is 17.3 Å². The van der Waals surface area contributed by atoms with Gasteiger partial charge >= 0.3 is 0 Å². The molecule has 2 heterocycles. The van der Waals surface area contributed by atoms with E-state index in [0.29, 0.717) is 35.9 Å². The Bertz CT molecular complexity index is 1090. The van der Waals surface area contributed by atoms with Crippen LogP contribution in [-0.2, 0) is 11.3 Å². The first kappa shape index (κ1) is 20.4. The fraction of sp³-hybridized carbons (Fsp3) is 0.158. The zero-order chi connectivity index (χ0) is 21.0. The van der Waals surface area contributed by atoms with E-state index < -0.39 is 11.7 Å². The number of nitrogens with one attached hydrogen (secondary N) is 2. The lowest BCUT2D eigenvalue weighted by atomic mass is 10.1. The predicted molar refractivity (Wildman–Crippen MR) is 107 cm³/mol. The summed E-state index contributed by atoms with van der Waals surface area (Å²) in [7, 11) is 1.58. The van der Waals surface area contributed by atoms with Gasteiger partial charge in [-0.3, -0.25) is 10.2 Å². The van der Waals surface area contributed by atoms with Gasteiger partial charge < -0.3 is 20.0 Å². The molecule has 0 unspecified atom stereocenters. The second-order valence-corrected chi connectivity index (χ2v) is 6.46. The molecule has 150 valence electrons. The van der Waals surface area contributed by atoms with Gasteiger partial charge in [-0.2, -0.15) is 0 Å². The Labute approximate surface area is 170 Å². The number of methoxy groups -OCH3 is 1.